The van der Waals surface area contributed by atoms with Gasteiger partial charge in [0.25, 0.3) is 5.91 Å². The molecule has 0 aliphatic carbocycles. The second-order valence-corrected chi connectivity index (χ2v) is 9.40. The third kappa shape index (κ3) is 8.02. The van der Waals surface area contributed by atoms with Crippen molar-refractivity contribution >= 4 is 36.3 Å². The van der Waals surface area contributed by atoms with E-state index in [4.69, 9.17) is 0 Å². The number of thiol groups is 1. The molecule has 34 heavy (non-hydrogen) atoms. The summed E-state index contributed by atoms with van der Waals surface area (Å²) < 4.78 is 0. The van der Waals surface area contributed by atoms with E-state index in [0.29, 0.717) is 31.4 Å². The normalized spacial score (nSPS) is 18.2. The van der Waals surface area contributed by atoms with Crippen LogP contribution in [0.3, 0.4) is 0 Å². The number of aliphatic hydroxyl groups excluding tert-OH is 1. The highest BCUT2D eigenvalue weighted by atomic mass is 32.1. The third-order valence-corrected chi connectivity index (χ3v) is 6.16. The molecule has 0 aromatic heterocycles. The summed E-state index contributed by atoms with van der Waals surface area (Å²) in [5.74, 6) is -1.17. The lowest BCUT2D eigenvalue weighted by molar-refractivity contribution is -0.139. The van der Waals surface area contributed by atoms with E-state index < -0.39 is 30.1 Å². The molecule has 4 N–H and O–H groups in total. The molecular weight excluding hydrogens is 456 g/mol. The number of aliphatic hydroxyl groups is 1. The summed E-state index contributed by atoms with van der Waals surface area (Å²) >= 11 is 4.04. The van der Waals surface area contributed by atoms with Gasteiger partial charge in [0.2, 0.25) is 17.7 Å². The van der Waals surface area contributed by atoms with Crippen molar-refractivity contribution in [3.8, 4) is 0 Å². The van der Waals surface area contributed by atoms with E-state index >= 15 is 0 Å². The maximum absolute atomic E-state index is 13.1. The highest BCUT2D eigenvalue weighted by Crippen LogP contribution is 2.18. The lowest BCUT2D eigenvalue weighted by atomic mass is 10.0. The molecule has 0 bridgehead atoms. The number of carbonyl (C=O) groups is 4. The Kier molecular flexibility index (Phi) is 10.8. The minimum atomic E-state index is -0.809. The molecule has 0 spiro atoms. The van der Waals surface area contributed by atoms with Crippen molar-refractivity contribution in [3.05, 3.63) is 35.9 Å². The number of nitrogens with one attached hydrogen (secondary N) is 3. The van der Waals surface area contributed by atoms with Gasteiger partial charge in [0.05, 0.1) is 18.7 Å². The smallest absolute Gasteiger partial charge is 0.251 e. The molecular formula is C24H36N4O5S. The van der Waals surface area contributed by atoms with Crippen molar-refractivity contribution in [1.29, 1.82) is 0 Å². The molecule has 188 valence electrons. The van der Waals surface area contributed by atoms with Crippen LogP contribution in [0.2, 0.25) is 0 Å². The van der Waals surface area contributed by atoms with E-state index in [1.165, 1.54) is 4.90 Å². The minimum absolute atomic E-state index is 0.135. The summed E-state index contributed by atoms with van der Waals surface area (Å²) in [4.78, 5) is 52.3. The molecule has 0 radical (unpaired) electrons. The highest BCUT2D eigenvalue weighted by molar-refractivity contribution is 7.80. The Bertz CT molecular complexity index is 851. The zero-order valence-electron chi connectivity index (χ0n) is 20.0. The Labute approximate surface area is 206 Å². The first-order valence-corrected chi connectivity index (χ1v) is 12.3. The van der Waals surface area contributed by atoms with Crippen LogP contribution in [-0.2, 0) is 14.4 Å². The first-order chi connectivity index (χ1) is 16.1. The minimum Gasteiger partial charge on any atom is -0.390 e. The fourth-order valence-corrected chi connectivity index (χ4v) is 4.15. The SMILES string of the molecule is CC(C)C[C@H](NC(=O)[C@@H]1CCCN1C(=O)CNC(=O)c1ccccc1)C(=O)N[C@@H](C)C(O)CS. The Morgan fingerprint density at radius 3 is 2.41 bits per heavy atom. The summed E-state index contributed by atoms with van der Waals surface area (Å²) in [6.07, 6.45) is 0.740. The summed E-state index contributed by atoms with van der Waals surface area (Å²) in [7, 11) is 0. The molecule has 4 amide bonds. The molecule has 1 aliphatic heterocycles. The molecule has 0 saturated carbocycles. The molecule has 9 nitrogen and oxygen atoms in total. The molecule has 1 aliphatic rings. The number of hydrogen-bond acceptors (Lipinski definition) is 6. The van der Waals surface area contributed by atoms with Gasteiger partial charge >= 0.3 is 0 Å². The number of carbonyl (C=O) groups excluding carboxylic acids is 4. The van der Waals surface area contributed by atoms with Crippen LogP contribution < -0.4 is 16.0 Å². The molecule has 1 heterocycles. The molecule has 2 rings (SSSR count). The molecule has 1 aromatic rings. The Hall–Kier alpha value is -2.59. The molecule has 1 unspecified atom stereocenters. The molecule has 1 aromatic carbocycles. The van der Waals surface area contributed by atoms with Gasteiger partial charge in [-0.15, -0.1) is 0 Å². The molecule has 4 atom stereocenters. The average Bonchev–Trinajstić information content (AvgIpc) is 3.31. The van der Waals surface area contributed by atoms with Gasteiger partial charge in [-0.25, -0.2) is 0 Å². The molecule has 1 saturated heterocycles. The first kappa shape index (κ1) is 27.7. The van der Waals surface area contributed by atoms with Crippen molar-refractivity contribution in [2.24, 2.45) is 5.92 Å². The van der Waals surface area contributed by atoms with Crippen molar-refractivity contribution in [2.45, 2.75) is 64.3 Å². The van der Waals surface area contributed by atoms with Crippen molar-refractivity contribution in [1.82, 2.24) is 20.9 Å². The Morgan fingerprint density at radius 1 is 1.12 bits per heavy atom. The van der Waals surface area contributed by atoms with Gasteiger partial charge < -0.3 is 26.0 Å². The first-order valence-electron chi connectivity index (χ1n) is 11.7. The van der Waals surface area contributed by atoms with Gasteiger partial charge in [0.15, 0.2) is 0 Å². The van der Waals surface area contributed by atoms with Gasteiger partial charge in [-0.3, -0.25) is 19.2 Å². The second kappa shape index (κ2) is 13.3. The number of hydrogen-bond donors (Lipinski definition) is 5. The number of rotatable bonds is 11. The van der Waals surface area contributed by atoms with E-state index in [1.54, 1.807) is 37.3 Å². The molecule has 10 heteroatoms. The van der Waals surface area contributed by atoms with Crippen LogP contribution in [0.4, 0.5) is 0 Å². The number of nitrogens with zero attached hydrogens (tertiary/aromatic N) is 1. The largest absolute Gasteiger partial charge is 0.390 e. The van der Waals surface area contributed by atoms with Gasteiger partial charge in [0, 0.05) is 17.9 Å². The topological polar surface area (TPSA) is 128 Å². The Morgan fingerprint density at radius 2 is 1.79 bits per heavy atom. The Balaban J connectivity index is 1.98. The van der Waals surface area contributed by atoms with E-state index in [-0.39, 0.29) is 35.9 Å². The van der Waals surface area contributed by atoms with Crippen molar-refractivity contribution in [2.75, 3.05) is 18.8 Å². The maximum atomic E-state index is 13.1. The van der Waals surface area contributed by atoms with Crippen molar-refractivity contribution < 1.29 is 24.3 Å². The monoisotopic (exact) mass is 492 g/mol. The van der Waals surface area contributed by atoms with Crippen LogP contribution in [0.15, 0.2) is 30.3 Å². The van der Waals surface area contributed by atoms with E-state index in [2.05, 4.69) is 28.6 Å². The van der Waals surface area contributed by atoms with Crippen LogP contribution >= 0.6 is 12.6 Å². The highest BCUT2D eigenvalue weighted by Gasteiger charge is 2.36. The fourth-order valence-electron chi connectivity index (χ4n) is 3.84. The van der Waals surface area contributed by atoms with Crippen LogP contribution in [0, 0.1) is 5.92 Å². The summed E-state index contributed by atoms with van der Waals surface area (Å²) in [6.45, 7) is 5.75. The second-order valence-electron chi connectivity index (χ2n) is 9.03. The lowest BCUT2D eigenvalue weighted by Gasteiger charge is -2.28. The summed E-state index contributed by atoms with van der Waals surface area (Å²) in [6, 6.07) is 6.56. The number of amides is 4. The van der Waals surface area contributed by atoms with Crippen LogP contribution in [0.5, 0.6) is 0 Å². The van der Waals surface area contributed by atoms with Gasteiger partial charge in [-0.1, -0.05) is 32.0 Å². The van der Waals surface area contributed by atoms with E-state index in [0.717, 1.165) is 0 Å². The fraction of sp³-hybridized carbons (Fsp3) is 0.583. The lowest BCUT2D eigenvalue weighted by Crippen LogP contribution is -2.56. The van der Waals surface area contributed by atoms with Crippen LogP contribution in [-0.4, -0.2) is 76.7 Å². The van der Waals surface area contributed by atoms with E-state index in [9.17, 15) is 24.3 Å². The third-order valence-electron chi connectivity index (χ3n) is 5.79. The van der Waals surface area contributed by atoms with Gasteiger partial charge in [-0.05, 0) is 44.2 Å². The number of likely N-dealkylation sites (tertiary alicyclic amines) is 1. The molecule has 1 fully saturated rings. The van der Waals surface area contributed by atoms with Crippen molar-refractivity contribution in [3.63, 3.8) is 0 Å². The van der Waals surface area contributed by atoms with Crippen LogP contribution in [0.25, 0.3) is 0 Å². The predicted molar refractivity (Wildman–Crippen MR) is 132 cm³/mol. The van der Waals surface area contributed by atoms with E-state index in [1.807, 2.05) is 13.8 Å². The summed E-state index contributed by atoms with van der Waals surface area (Å²) in [5.41, 5.74) is 0.450. The maximum Gasteiger partial charge on any atom is 0.251 e. The predicted octanol–water partition coefficient (Wildman–Crippen LogP) is 0.734. The average molecular weight is 493 g/mol. The zero-order valence-corrected chi connectivity index (χ0v) is 20.9. The van der Waals surface area contributed by atoms with Gasteiger partial charge in [0.1, 0.15) is 12.1 Å². The van der Waals surface area contributed by atoms with Gasteiger partial charge in [-0.2, -0.15) is 12.6 Å². The van der Waals surface area contributed by atoms with Crippen LogP contribution in [0.1, 0.15) is 50.4 Å². The number of benzene rings is 1. The summed E-state index contributed by atoms with van der Waals surface area (Å²) in [5, 5.41) is 18.0. The zero-order chi connectivity index (χ0) is 25.3. The quantitative estimate of drug-likeness (QED) is 0.291. The standard InChI is InChI=1S/C24H36N4O5S/c1-15(2)12-18(23(32)26-16(3)20(29)14-34)27-24(33)19-10-7-11-28(19)21(30)13-25-22(31)17-8-5-4-6-9-17/h4-6,8-9,15-16,18-20,29,34H,7,10-14H2,1-3H3,(H,25,31)(H,26,32)(H,27,33)/t16-,18-,19-,20?/m0/s1.